The zero-order valence-corrected chi connectivity index (χ0v) is 14.0. The molecule has 0 aliphatic rings. The molecular weight excluding hydrogens is 418 g/mol. The average Bonchev–Trinajstić information content (AvgIpc) is 2.47. The molecule has 146 valence electrons. The summed E-state index contributed by atoms with van der Waals surface area (Å²) in [5.74, 6) is -3.11. The van der Waals surface area contributed by atoms with Crippen molar-refractivity contribution < 1.29 is 51.9 Å². The minimum absolute atomic E-state index is 0.257. The van der Waals surface area contributed by atoms with Gasteiger partial charge >= 0.3 is 36.7 Å². The van der Waals surface area contributed by atoms with Crippen molar-refractivity contribution in [1.29, 1.82) is 0 Å². The van der Waals surface area contributed by atoms with Gasteiger partial charge in [-0.2, -0.15) is 43.2 Å². The van der Waals surface area contributed by atoms with E-state index in [0.717, 1.165) is 12.1 Å². The zero-order valence-electron chi connectivity index (χ0n) is 12.4. The van der Waals surface area contributed by atoms with Gasteiger partial charge in [-0.05, 0) is 31.2 Å². The van der Waals surface area contributed by atoms with Crippen molar-refractivity contribution >= 4 is 20.2 Å². The molecule has 0 fully saturated rings. The minimum atomic E-state index is -7.09. The number of benzene rings is 1. The molecule has 0 radical (unpaired) electrons. The van der Waals surface area contributed by atoms with Gasteiger partial charge in [0, 0.05) is 5.56 Å². The summed E-state index contributed by atoms with van der Waals surface area (Å²) in [4.78, 5) is 0. The van der Waals surface area contributed by atoms with Crippen molar-refractivity contribution in [2.45, 2.75) is 23.4 Å². The predicted octanol–water partition coefficient (Wildman–Crippen LogP) is 2.48. The van der Waals surface area contributed by atoms with E-state index in [4.69, 9.17) is 4.55 Å². The highest BCUT2D eigenvalue weighted by Crippen LogP contribution is 2.50. The molecule has 0 saturated heterocycles. The topological polar surface area (TPSA) is 97.7 Å². The fourth-order valence-corrected chi connectivity index (χ4v) is 2.83. The molecule has 1 N–H and O–H groups in total. The Bertz CT molecular complexity index is 942. The third kappa shape index (κ3) is 3.60. The molecule has 0 bridgehead atoms. The van der Waals surface area contributed by atoms with Gasteiger partial charge in [0.15, 0.2) is 0 Å². The van der Waals surface area contributed by atoms with Crippen molar-refractivity contribution in [3.63, 3.8) is 0 Å². The fourth-order valence-electron chi connectivity index (χ4n) is 1.41. The number of rotatable bonds is 6. The fraction of sp³-hybridized carbons (Fsp3) is 0.333. The van der Waals surface area contributed by atoms with E-state index in [-0.39, 0.29) is 5.56 Å². The molecule has 0 saturated carbocycles. The van der Waals surface area contributed by atoms with Gasteiger partial charge in [0.25, 0.3) is 0 Å². The van der Waals surface area contributed by atoms with Crippen LogP contribution in [0.2, 0.25) is 0 Å². The molecule has 1 aromatic rings. The van der Waals surface area contributed by atoms with Gasteiger partial charge in [-0.1, -0.05) is 5.92 Å². The Balaban J connectivity index is 3.33. The van der Waals surface area contributed by atoms with Crippen LogP contribution in [-0.2, 0) is 20.2 Å². The summed E-state index contributed by atoms with van der Waals surface area (Å²) in [6.45, 7) is 1.44. The molecule has 0 heterocycles. The molecule has 14 heteroatoms. The van der Waals surface area contributed by atoms with Crippen LogP contribution in [0.15, 0.2) is 24.3 Å². The molecule has 1 rings (SSSR count). The summed E-state index contributed by atoms with van der Waals surface area (Å²) < 4.78 is 135. The van der Waals surface area contributed by atoms with E-state index < -0.39 is 42.4 Å². The smallest absolute Gasteiger partial charge is 0.378 e. The van der Waals surface area contributed by atoms with Gasteiger partial charge in [0.1, 0.15) is 5.75 Å². The Morgan fingerprint density at radius 1 is 0.923 bits per heavy atom. The van der Waals surface area contributed by atoms with Crippen molar-refractivity contribution in [3.8, 4) is 17.6 Å². The SMILES string of the molecule is CC#Cc1ccc(OS(=O)(=O)C(F)(F)C(F)(F)C(F)(F)S(=O)(=O)O)cc1. The van der Waals surface area contributed by atoms with Crippen LogP contribution in [-0.4, -0.2) is 37.8 Å². The highest BCUT2D eigenvalue weighted by molar-refractivity contribution is 7.88. The highest BCUT2D eigenvalue weighted by Gasteiger charge is 2.83. The lowest BCUT2D eigenvalue weighted by atomic mass is 10.2. The molecule has 0 spiro atoms. The zero-order chi connectivity index (χ0) is 20.6. The van der Waals surface area contributed by atoms with Gasteiger partial charge in [-0.25, -0.2) is 0 Å². The van der Waals surface area contributed by atoms with E-state index in [9.17, 15) is 43.2 Å². The van der Waals surface area contributed by atoms with Crippen LogP contribution in [0.4, 0.5) is 26.3 Å². The standard InChI is InChI=1S/C12H8F6O6S2/c1-2-3-8-4-6-9(7-5-8)24-26(22,23)12(17,18)10(13,14)11(15,16)25(19,20)21/h4-7H,1H3,(H,19,20,21). The van der Waals surface area contributed by atoms with Crippen LogP contribution in [0.5, 0.6) is 5.75 Å². The molecule has 0 amide bonds. The Kier molecular flexibility index (Phi) is 5.63. The molecular formula is C12H8F6O6S2. The number of alkyl halides is 6. The third-order valence-corrected chi connectivity index (χ3v) is 4.90. The molecule has 1 aromatic carbocycles. The number of hydrogen-bond acceptors (Lipinski definition) is 5. The monoisotopic (exact) mass is 426 g/mol. The molecule has 6 nitrogen and oxygen atoms in total. The van der Waals surface area contributed by atoms with E-state index >= 15 is 0 Å². The summed E-state index contributed by atoms with van der Waals surface area (Å²) in [6.07, 6.45) is 0. The maximum absolute atomic E-state index is 13.6. The number of hydrogen-bond donors (Lipinski definition) is 1. The minimum Gasteiger partial charge on any atom is -0.378 e. The third-order valence-electron chi connectivity index (χ3n) is 2.70. The van der Waals surface area contributed by atoms with Gasteiger partial charge in [0.2, 0.25) is 0 Å². The van der Waals surface area contributed by atoms with Crippen molar-refractivity contribution in [3.05, 3.63) is 29.8 Å². The van der Waals surface area contributed by atoms with Gasteiger partial charge in [-0.3, -0.25) is 4.55 Å². The largest absolute Gasteiger partial charge is 0.450 e. The van der Waals surface area contributed by atoms with E-state index in [1.807, 2.05) is 0 Å². The summed E-state index contributed by atoms with van der Waals surface area (Å²) in [7, 11) is -13.9. The van der Waals surface area contributed by atoms with Crippen LogP contribution in [0.25, 0.3) is 0 Å². The Morgan fingerprint density at radius 2 is 1.38 bits per heavy atom. The molecule has 0 aliphatic carbocycles. The second-order valence-corrected chi connectivity index (χ2v) is 7.57. The predicted molar refractivity (Wildman–Crippen MR) is 74.9 cm³/mol. The van der Waals surface area contributed by atoms with E-state index in [2.05, 4.69) is 16.0 Å². The second kappa shape index (κ2) is 6.63. The van der Waals surface area contributed by atoms with Gasteiger partial charge in [-0.15, -0.1) is 5.92 Å². The molecule has 0 aromatic heterocycles. The first-order chi connectivity index (χ1) is 11.5. The first kappa shape index (κ1) is 22.1. The highest BCUT2D eigenvalue weighted by atomic mass is 32.2. The first-order valence-corrected chi connectivity index (χ1v) is 8.93. The first-order valence-electron chi connectivity index (χ1n) is 6.08. The Hall–Kier alpha value is -1.98. The van der Waals surface area contributed by atoms with Gasteiger partial charge < -0.3 is 4.18 Å². The van der Waals surface area contributed by atoms with Crippen molar-refractivity contribution in [2.24, 2.45) is 0 Å². The second-order valence-electron chi connectivity index (χ2n) is 4.52. The maximum Gasteiger partial charge on any atom is 0.450 e. The van der Waals surface area contributed by atoms with Crippen LogP contribution in [0, 0.1) is 11.8 Å². The van der Waals surface area contributed by atoms with E-state index in [1.165, 1.54) is 6.92 Å². The van der Waals surface area contributed by atoms with Crippen LogP contribution in [0.3, 0.4) is 0 Å². The molecule has 26 heavy (non-hydrogen) atoms. The molecule has 0 unspecified atom stereocenters. The lowest BCUT2D eigenvalue weighted by molar-refractivity contribution is -0.247. The van der Waals surface area contributed by atoms with Crippen LogP contribution in [0.1, 0.15) is 12.5 Å². The summed E-state index contributed by atoms with van der Waals surface area (Å²) in [6, 6.07) is 3.52. The van der Waals surface area contributed by atoms with Crippen LogP contribution >= 0.6 is 0 Å². The molecule has 0 atom stereocenters. The van der Waals surface area contributed by atoms with Gasteiger partial charge in [0.05, 0.1) is 0 Å². The van der Waals surface area contributed by atoms with E-state index in [0.29, 0.717) is 12.1 Å². The van der Waals surface area contributed by atoms with Crippen molar-refractivity contribution in [2.75, 3.05) is 0 Å². The lowest BCUT2D eigenvalue weighted by Gasteiger charge is -2.29. The van der Waals surface area contributed by atoms with Crippen molar-refractivity contribution in [1.82, 2.24) is 0 Å². The lowest BCUT2D eigenvalue weighted by Crippen LogP contribution is -2.61. The van der Waals surface area contributed by atoms with Crippen LogP contribution < -0.4 is 4.18 Å². The summed E-state index contributed by atoms with van der Waals surface area (Å²) >= 11 is 0. The van der Waals surface area contributed by atoms with E-state index in [1.54, 1.807) is 0 Å². The Labute approximate surface area is 143 Å². The Morgan fingerprint density at radius 3 is 1.77 bits per heavy atom. The summed E-state index contributed by atoms with van der Waals surface area (Å²) in [5, 5.41) is -13.5. The average molecular weight is 426 g/mol. The normalized spacial score (nSPS) is 13.7. The molecule has 0 aliphatic heterocycles. The maximum atomic E-state index is 13.6. The number of halogens is 6. The quantitative estimate of drug-likeness (QED) is 0.325. The summed E-state index contributed by atoms with van der Waals surface area (Å²) in [5.41, 5.74) is 0.257.